The second-order valence-electron chi connectivity index (χ2n) is 1.71. The van der Waals surface area contributed by atoms with Gasteiger partial charge < -0.3 is 13.8 Å². The summed E-state index contributed by atoms with van der Waals surface area (Å²) in [5.74, 6) is 0. The molecule has 0 atom stereocenters. The average Bonchev–Trinajstić information content (AvgIpc) is 2.08. The minimum atomic E-state index is 1.07. The van der Waals surface area contributed by atoms with Crippen molar-refractivity contribution in [1.82, 2.24) is 0 Å². The van der Waals surface area contributed by atoms with Gasteiger partial charge in [0.05, 0.1) is 0 Å². The van der Waals surface area contributed by atoms with Crippen LogP contribution >= 0.6 is 10.0 Å². The number of unbranched alkanes of at least 4 members (excludes halogenated alkanes) is 2. The Balaban J connectivity index is -0.0000000787. The summed E-state index contributed by atoms with van der Waals surface area (Å²) in [5.41, 5.74) is 0. The van der Waals surface area contributed by atoms with Crippen molar-refractivity contribution in [2.75, 3.05) is 0 Å². The molecule has 0 saturated carbocycles. The second-order valence-corrected chi connectivity index (χ2v) is 1.71. The van der Waals surface area contributed by atoms with Gasteiger partial charge in [-0.25, -0.2) is 0 Å². The van der Waals surface area contributed by atoms with Crippen molar-refractivity contribution < 1.29 is 0 Å². The molecule has 0 bridgehead atoms. The van der Waals surface area contributed by atoms with Gasteiger partial charge in [0.25, 0.3) is 0 Å². The number of hydrogen-bond acceptors (Lipinski definition) is 0. The maximum atomic E-state index is 4.56. The maximum Gasteiger partial charge on any atom is -0.0678 e. The molecule has 0 unspecified atom stereocenters. The average molecular weight is 177 g/mol. The third-order valence-electron chi connectivity index (χ3n) is 0.707. The summed E-state index contributed by atoms with van der Waals surface area (Å²) in [6.07, 6.45) is 4.56. The minimum Gasteiger partial charge on any atom is -0.343 e. The molecule has 2 heteroatoms. The van der Waals surface area contributed by atoms with E-state index in [4.69, 9.17) is 0 Å². The number of halogens is 1. The van der Waals surface area contributed by atoms with Crippen LogP contribution in [0, 0.1) is 13.8 Å². The summed E-state index contributed by atoms with van der Waals surface area (Å²) >= 11 is 1.89. The third-order valence-corrected chi connectivity index (χ3v) is 0.707. The molecule has 0 nitrogen and oxygen atoms in total. The summed E-state index contributed by atoms with van der Waals surface area (Å²) in [6.45, 7) is 11.4. The van der Waals surface area contributed by atoms with Crippen LogP contribution in [0.15, 0.2) is 0 Å². The van der Waals surface area contributed by atoms with E-state index < -0.39 is 0 Å². The summed E-state index contributed by atoms with van der Waals surface area (Å²) in [4.78, 5) is 0. The van der Waals surface area contributed by atoms with Crippen molar-refractivity contribution in [3.63, 3.8) is 0 Å². The van der Waals surface area contributed by atoms with Gasteiger partial charge in [0.2, 0.25) is 0 Å². The Bertz CT molecular complexity index is 17.2. The van der Waals surface area contributed by atoms with Crippen LogP contribution in [0.1, 0.15) is 39.5 Å². The van der Waals surface area contributed by atoms with Crippen LogP contribution in [0.25, 0.3) is 0 Å². The van der Waals surface area contributed by atoms with Crippen LogP contribution in [0.2, 0.25) is 0 Å². The zero-order valence-corrected chi connectivity index (χ0v) is 9.11. The SMILES string of the molecule is [Al+2][Cl].[CH2-]CCC.[CH2-]CCC. The predicted octanol–water partition coefficient (Wildman–Crippen LogP) is 3.55. The largest absolute Gasteiger partial charge is 0.343 e. The van der Waals surface area contributed by atoms with Crippen molar-refractivity contribution in [3.8, 4) is 0 Å². The van der Waals surface area contributed by atoms with Gasteiger partial charge in [-0.15, -0.1) is 0 Å². The summed E-state index contributed by atoms with van der Waals surface area (Å²) in [6, 6.07) is 0. The van der Waals surface area contributed by atoms with E-state index in [2.05, 4.69) is 37.7 Å². The topological polar surface area (TPSA) is 0 Å². The fourth-order valence-electron chi connectivity index (χ4n) is 0. The van der Waals surface area contributed by atoms with Gasteiger partial charge in [0.15, 0.2) is 0 Å². The molecule has 60 valence electrons. The Morgan fingerprint density at radius 1 is 1.00 bits per heavy atom. The van der Waals surface area contributed by atoms with Gasteiger partial charge >= 0.3 is 25.4 Å². The van der Waals surface area contributed by atoms with Crippen LogP contribution in [-0.2, 0) is 0 Å². The zero-order chi connectivity index (χ0) is 8.83. The molecule has 0 aromatic carbocycles. The molecule has 0 spiro atoms. The molecule has 0 aromatic heterocycles. The van der Waals surface area contributed by atoms with Gasteiger partial charge in [-0.1, -0.05) is 26.7 Å². The van der Waals surface area contributed by atoms with Gasteiger partial charge in [-0.3, -0.25) is 0 Å². The predicted molar refractivity (Wildman–Crippen MR) is 52.1 cm³/mol. The van der Waals surface area contributed by atoms with E-state index in [9.17, 15) is 0 Å². The van der Waals surface area contributed by atoms with E-state index in [0.29, 0.717) is 0 Å². The molecule has 0 fully saturated rings. The van der Waals surface area contributed by atoms with E-state index in [1.807, 2.05) is 15.4 Å². The monoisotopic (exact) mass is 176 g/mol. The third kappa shape index (κ3) is 67.8. The smallest absolute Gasteiger partial charge is 0.0678 e. The Labute approximate surface area is 79.0 Å². The molecule has 0 aliphatic rings. The van der Waals surface area contributed by atoms with Crippen LogP contribution in [0.5, 0.6) is 0 Å². The molecule has 10 heavy (non-hydrogen) atoms. The van der Waals surface area contributed by atoms with Gasteiger partial charge in [-0.05, 0) is 0 Å². The Morgan fingerprint density at radius 2 is 1.10 bits per heavy atom. The van der Waals surface area contributed by atoms with Crippen molar-refractivity contribution in [1.29, 1.82) is 0 Å². The van der Waals surface area contributed by atoms with Crippen LogP contribution < -0.4 is 0 Å². The standard InChI is InChI=1S/2C4H9.Al.ClH/c2*1-3-4-2;;/h2*1,3-4H2,2H3;;1H/q2*-1;+3;/p-1. The first-order valence-electron chi connectivity index (χ1n) is 3.63. The molecule has 0 aliphatic carbocycles. The van der Waals surface area contributed by atoms with E-state index in [1.165, 1.54) is 12.8 Å². The molecule has 0 amide bonds. The van der Waals surface area contributed by atoms with Crippen molar-refractivity contribution in [2.24, 2.45) is 0 Å². The minimum absolute atomic E-state index is 1.07. The number of hydrogen-bond donors (Lipinski definition) is 0. The molecule has 0 N–H and O–H groups in total. The Morgan fingerprint density at radius 3 is 1.10 bits per heavy atom. The molecule has 0 aliphatic heterocycles. The second kappa shape index (κ2) is 32.9. The quantitative estimate of drug-likeness (QED) is 0.446. The summed E-state index contributed by atoms with van der Waals surface area (Å²) in [5, 5.41) is 0. The molecule has 0 rings (SSSR count). The van der Waals surface area contributed by atoms with Crippen molar-refractivity contribution in [2.45, 2.75) is 39.5 Å². The molecule has 0 radical (unpaired) electrons. The van der Waals surface area contributed by atoms with Crippen molar-refractivity contribution in [3.05, 3.63) is 13.8 Å². The molecular weight excluding hydrogens is 159 g/mol. The van der Waals surface area contributed by atoms with Gasteiger partial charge in [-0.2, -0.15) is 12.8 Å². The fourth-order valence-corrected chi connectivity index (χ4v) is 0. The van der Waals surface area contributed by atoms with Gasteiger partial charge in [0, 0.05) is 0 Å². The maximum absolute atomic E-state index is 4.56. The molecule has 0 aromatic rings. The Kier molecular flexibility index (Phi) is 56.1. The first-order valence-corrected chi connectivity index (χ1v) is 5.38. The Hall–Kier alpha value is 0.822. The first-order chi connectivity index (χ1) is 4.83. The van der Waals surface area contributed by atoms with E-state index >= 15 is 0 Å². The van der Waals surface area contributed by atoms with Crippen molar-refractivity contribution >= 4 is 25.4 Å². The normalized spacial score (nSPS) is 6.70. The fraction of sp³-hybridized carbons (Fsp3) is 0.750. The zero-order valence-electron chi connectivity index (χ0n) is 7.20. The van der Waals surface area contributed by atoms with E-state index in [-0.39, 0.29) is 0 Å². The van der Waals surface area contributed by atoms with Crippen LogP contribution in [0.4, 0.5) is 0 Å². The molecular formula is C8H18AlCl. The van der Waals surface area contributed by atoms with E-state index in [0.717, 1.165) is 12.8 Å². The first kappa shape index (κ1) is 17.1. The summed E-state index contributed by atoms with van der Waals surface area (Å²) < 4.78 is 0. The summed E-state index contributed by atoms with van der Waals surface area (Å²) in [7, 11) is 4.56. The van der Waals surface area contributed by atoms with E-state index in [1.54, 1.807) is 0 Å². The number of rotatable bonds is 2. The molecule has 0 saturated heterocycles. The van der Waals surface area contributed by atoms with Gasteiger partial charge in [0.1, 0.15) is 0 Å². The van der Waals surface area contributed by atoms with Crippen LogP contribution in [0.3, 0.4) is 0 Å². The van der Waals surface area contributed by atoms with Crippen LogP contribution in [-0.4, -0.2) is 15.4 Å². The molecule has 0 heterocycles.